The average Bonchev–Trinajstić information content (AvgIpc) is 2.86. The predicted octanol–water partition coefficient (Wildman–Crippen LogP) is 1.34. The monoisotopic (exact) mass is 354 g/mol. The molecule has 2 aliphatic heterocycles. The predicted molar refractivity (Wildman–Crippen MR) is 89.6 cm³/mol. The number of halogens is 1. The number of rotatable bonds is 4. The smallest absolute Gasteiger partial charge is 0.224 e. The third-order valence-corrected chi connectivity index (χ3v) is 6.52. The van der Waals surface area contributed by atoms with E-state index >= 15 is 0 Å². The van der Waals surface area contributed by atoms with Crippen molar-refractivity contribution in [3.8, 4) is 0 Å². The quantitative estimate of drug-likeness (QED) is 0.886. The van der Waals surface area contributed by atoms with Crippen LogP contribution in [0.3, 0.4) is 0 Å². The average molecular weight is 354 g/mol. The molecule has 2 aliphatic rings. The SMILES string of the molecule is O=C(NC1CCS(=O)(=O)C1)C1CCCN(Cc2cccc(F)c2)C1. The van der Waals surface area contributed by atoms with Gasteiger partial charge in [-0.3, -0.25) is 9.69 Å². The first-order valence-corrected chi connectivity index (χ1v) is 10.2. The topological polar surface area (TPSA) is 66.5 Å². The Morgan fingerprint density at radius 1 is 1.33 bits per heavy atom. The zero-order chi connectivity index (χ0) is 17.2. The first-order chi connectivity index (χ1) is 11.4. The highest BCUT2D eigenvalue weighted by molar-refractivity contribution is 7.91. The van der Waals surface area contributed by atoms with E-state index < -0.39 is 9.84 Å². The molecule has 7 heteroatoms. The molecular formula is C17H23FN2O3S. The molecule has 2 atom stereocenters. The Bertz CT molecular complexity index is 708. The summed E-state index contributed by atoms with van der Waals surface area (Å²) in [7, 11) is -2.99. The lowest BCUT2D eigenvalue weighted by Gasteiger charge is -2.32. The number of hydrogen-bond donors (Lipinski definition) is 1. The lowest BCUT2D eigenvalue weighted by atomic mass is 9.96. The molecule has 0 bridgehead atoms. The zero-order valence-electron chi connectivity index (χ0n) is 13.6. The fraction of sp³-hybridized carbons (Fsp3) is 0.588. The maximum Gasteiger partial charge on any atom is 0.224 e. The van der Waals surface area contributed by atoms with E-state index in [4.69, 9.17) is 0 Å². The van der Waals surface area contributed by atoms with Gasteiger partial charge in [-0.05, 0) is 43.5 Å². The second-order valence-corrected chi connectivity index (χ2v) is 9.04. The van der Waals surface area contributed by atoms with Crippen LogP contribution in [0.4, 0.5) is 4.39 Å². The fourth-order valence-electron chi connectivity index (χ4n) is 3.53. The summed E-state index contributed by atoms with van der Waals surface area (Å²) in [5.74, 6) is -0.217. The number of carbonyl (C=O) groups excluding carboxylic acids is 1. The molecule has 2 heterocycles. The van der Waals surface area contributed by atoms with Crippen molar-refractivity contribution in [2.45, 2.75) is 31.8 Å². The summed E-state index contributed by atoms with van der Waals surface area (Å²) < 4.78 is 36.3. The standard InChI is InChI=1S/C17H23FN2O3S/c18-15-5-1-3-13(9-15)10-20-7-2-4-14(11-20)17(21)19-16-6-8-24(22,23)12-16/h1,3,5,9,14,16H,2,4,6-8,10-12H2,(H,19,21). The van der Waals surface area contributed by atoms with Gasteiger partial charge >= 0.3 is 0 Å². The highest BCUT2D eigenvalue weighted by atomic mass is 32.2. The van der Waals surface area contributed by atoms with E-state index in [0.29, 0.717) is 19.5 Å². The van der Waals surface area contributed by atoms with Gasteiger partial charge in [-0.15, -0.1) is 0 Å². The van der Waals surface area contributed by atoms with Crippen LogP contribution in [-0.4, -0.2) is 49.9 Å². The molecule has 1 aromatic rings. The summed E-state index contributed by atoms with van der Waals surface area (Å²) in [5, 5.41) is 2.89. The highest BCUT2D eigenvalue weighted by Gasteiger charge is 2.32. The molecule has 2 unspecified atom stereocenters. The van der Waals surface area contributed by atoms with Gasteiger partial charge in [0, 0.05) is 19.1 Å². The molecule has 5 nitrogen and oxygen atoms in total. The van der Waals surface area contributed by atoms with Crippen LogP contribution in [0.5, 0.6) is 0 Å². The summed E-state index contributed by atoms with van der Waals surface area (Å²) in [6.07, 6.45) is 2.23. The Morgan fingerprint density at radius 2 is 2.17 bits per heavy atom. The van der Waals surface area contributed by atoms with Gasteiger partial charge in [0.2, 0.25) is 5.91 Å². The van der Waals surface area contributed by atoms with E-state index in [0.717, 1.165) is 24.9 Å². The van der Waals surface area contributed by atoms with Crippen LogP contribution in [0, 0.1) is 11.7 Å². The highest BCUT2D eigenvalue weighted by Crippen LogP contribution is 2.20. The van der Waals surface area contributed by atoms with Crippen molar-refractivity contribution in [3.63, 3.8) is 0 Å². The van der Waals surface area contributed by atoms with Crippen molar-refractivity contribution in [1.82, 2.24) is 10.2 Å². The number of nitrogens with one attached hydrogen (secondary N) is 1. The molecule has 2 saturated heterocycles. The minimum atomic E-state index is -2.99. The maximum absolute atomic E-state index is 13.3. The minimum Gasteiger partial charge on any atom is -0.352 e. The molecule has 0 spiro atoms. The van der Waals surface area contributed by atoms with Crippen molar-refractivity contribution in [3.05, 3.63) is 35.6 Å². The summed E-state index contributed by atoms with van der Waals surface area (Å²) in [5.41, 5.74) is 0.901. The van der Waals surface area contributed by atoms with E-state index in [1.165, 1.54) is 12.1 Å². The molecule has 0 saturated carbocycles. The number of sulfone groups is 1. The van der Waals surface area contributed by atoms with Gasteiger partial charge in [0.1, 0.15) is 5.82 Å². The third-order valence-electron chi connectivity index (χ3n) is 4.75. The Balaban J connectivity index is 1.54. The van der Waals surface area contributed by atoms with Crippen LogP contribution in [-0.2, 0) is 21.2 Å². The first-order valence-electron chi connectivity index (χ1n) is 8.39. The molecule has 132 valence electrons. The van der Waals surface area contributed by atoms with E-state index in [-0.39, 0.29) is 35.2 Å². The van der Waals surface area contributed by atoms with Gasteiger partial charge in [-0.25, -0.2) is 12.8 Å². The van der Waals surface area contributed by atoms with Crippen molar-refractivity contribution in [2.75, 3.05) is 24.6 Å². The van der Waals surface area contributed by atoms with E-state index in [2.05, 4.69) is 10.2 Å². The number of hydrogen-bond acceptors (Lipinski definition) is 4. The van der Waals surface area contributed by atoms with Crippen molar-refractivity contribution < 1.29 is 17.6 Å². The molecular weight excluding hydrogens is 331 g/mol. The lowest BCUT2D eigenvalue weighted by Crippen LogP contribution is -2.46. The van der Waals surface area contributed by atoms with Gasteiger partial charge in [-0.1, -0.05) is 12.1 Å². The van der Waals surface area contributed by atoms with E-state index in [1.54, 1.807) is 6.07 Å². The van der Waals surface area contributed by atoms with Crippen molar-refractivity contribution in [1.29, 1.82) is 0 Å². The Kier molecular flexibility index (Phi) is 5.20. The summed E-state index contributed by atoms with van der Waals surface area (Å²) in [6.45, 7) is 2.14. The second-order valence-electron chi connectivity index (χ2n) is 6.81. The molecule has 1 aromatic carbocycles. The van der Waals surface area contributed by atoms with Crippen LogP contribution in [0.1, 0.15) is 24.8 Å². The Hall–Kier alpha value is -1.47. The van der Waals surface area contributed by atoms with Gasteiger partial charge in [0.15, 0.2) is 9.84 Å². The van der Waals surface area contributed by atoms with E-state index in [9.17, 15) is 17.6 Å². The normalized spacial score (nSPS) is 27.0. The first kappa shape index (κ1) is 17.4. The van der Waals surface area contributed by atoms with Gasteiger partial charge in [0.05, 0.1) is 17.4 Å². The van der Waals surface area contributed by atoms with Gasteiger partial charge in [-0.2, -0.15) is 0 Å². The molecule has 1 N–H and O–H groups in total. The van der Waals surface area contributed by atoms with Crippen LogP contribution >= 0.6 is 0 Å². The largest absolute Gasteiger partial charge is 0.352 e. The molecule has 0 aromatic heterocycles. The molecule has 0 radical (unpaired) electrons. The minimum absolute atomic E-state index is 0.0540. The number of likely N-dealkylation sites (tertiary alicyclic amines) is 1. The summed E-state index contributed by atoms with van der Waals surface area (Å²) >= 11 is 0. The van der Waals surface area contributed by atoms with E-state index in [1.807, 2.05) is 6.07 Å². The molecule has 0 aliphatic carbocycles. The van der Waals surface area contributed by atoms with Gasteiger partial charge in [0.25, 0.3) is 0 Å². The van der Waals surface area contributed by atoms with Gasteiger partial charge < -0.3 is 5.32 Å². The van der Waals surface area contributed by atoms with Crippen molar-refractivity contribution >= 4 is 15.7 Å². The number of nitrogens with zero attached hydrogens (tertiary/aromatic N) is 1. The Labute approximate surface area is 142 Å². The summed E-state index contributed by atoms with van der Waals surface area (Å²) in [6, 6.07) is 6.27. The van der Waals surface area contributed by atoms with Crippen LogP contribution < -0.4 is 5.32 Å². The third kappa shape index (κ3) is 4.54. The van der Waals surface area contributed by atoms with Crippen LogP contribution in [0.15, 0.2) is 24.3 Å². The summed E-state index contributed by atoms with van der Waals surface area (Å²) in [4.78, 5) is 14.6. The molecule has 3 rings (SSSR count). The number of benzene rings is 1. The second kappa shape index (κ2) is 7.19. The number of piperidine rings is 1. The van der Waals surface area contributed by atoms with Crippen LogP contribution in [0.25, 0.3) is 0 Å². The fourth-order valence-corrected chi connectivity index (χ4v) is 5.21. The molecule has 2 fully saturated rings. The van der Waals surface area contributed by atoms with Crippen molar-refractivity contribution in [2.24, 2.45) is 5.92 Å². The number of amides is 1. The number of carbonyl (C=O) groups is 1. The zero-order valence-corrected chi connectivity index (χ0v) is 14.4. The molecule has 24 heavy (non-hydrogen) atoms. The maximum atomic E-state index is 13.3. The Morgan fingerprint density at radius 3 is 2.88 bits per heavy atom. The van der Waals surface area contributed by atoms with Crippen LogP contribution in [0.2, 0.25) is 0 Å². The lowest BCUT2D eigenvalue weighted by molar-refractivity contribution is -0.127. The molecule has 1 amide bonds.